The minimum Gasteiger partial charge on any atom is -0.331 e. The van der Waals surface area contributed by atoms with Crippen molar-refractivity contribution in [2.45, 2.75) is 49.6 Å². The van der Waals surface area contributed by atoms with E-state index in [1.165, 1.54) is 0 Å². The maximum atomic E-state index is 13.3. The van der Waals surface area contributed by atoms with Crippen molar-refractivity contribution in [3.63, 3.8) is 0 Å². The summed E-state index contributed by atoms with van der Waals surface area (Å²) in [5.41, 5.74) is 1.44. The van der Waals surface area contributed by atoms with Crippen molar-refractivity contribution in [1.29, 1.82) is 0 Å². The topological polar surface area (TPSA) is 70.6 Å². The van der Waals surface area contributed by atoms with Crippen LogP contribution in [0.1, 0.15) is 37.3 Å². The Morgan fingerprint density at radius 1 is 1.11 bits per heavy atom. The van der Waals surface area contributed by atoms with Crippen LogP contribution in [0.25, 0.3) is 0 Å². The molecule has 1 amide bonds. The quantitative estimate of drug-likeness (QED) is 0.775. The zero-order valence-corrected chi connectivity index (χ0v) is 16.9. The Labute approximate surface area is 166 Å². The number of carbonyl (C=O) groups is 1. The molecule has 2 aromatic rings. The molecule has 28 heavy (non-hydrogen) atoms. The van der Waals surface area contributed by atoms with Crippen molar-refractivity contribution in [3.05, 3.63) is 59.9 Å². The number of hydrogen-bond donors (Lipinski definition) is 0. The second-order valence-corrected chi connectivity index (χ2v) is 9.52. The minimum absolute atomic E-state index is 0.102. The molecular formula is C21H25N3O3S. The lowest BCUT2D eigenvalue weighted by molar-refractivity contribution is -0.131. The van der Waals surface area contributed by atoms with Crippen molar-refractivity contribution in [2.24, 2.45) is 0 Å². The van der Waals surface area contributed by atoms with Gasteiger partial charge in [-0.2, -0.15) is 4.31 Å². The van der Waals surface area contributed by atoms with Crippen LogP contribution in [0.3, 0.4) is 0 Å². The molecule has 1 unspecified atom stereocenters. The Kier molecular flexibility index (Phi) is 4.97. The number of likely N-dealkylation sites (tertiary alicyclic amines) is 1. The highest BCUT2D eigenvalue weighted by Crippen LogP contribution is 2.41. The zero-order chi connectivity index (χ0) is 19.8. The van der Waals surface area contributed by atoms with Gasteiger partial charge in [-0.3, -0.25) is 9.78 Å². The number of hydrogen-bond acceptors (Lipinski definition) is 4. The molecule has 0 saturated carbocycles. The fourth-order valence-electron chi connectivity index (χ4n) is 4.44. The lowest BCUT2D eigenvalue weighted by Crippen LogP contribution is -2.47. The number of aryl methyl sites for hydroxylation is 1. The van der Waals surface area contributed by atoms with Gasteiger partial charge in [0.25, 0.3) is 0 Å². The van der Waals surface area contributed by atoms with Gasteiger partial charge in [-0.15, -0.1) is 0 Å². The fraction of sp³-hybridized carbons (Fsp3) is 0.429. The van der Waals surface area contributed by atoms with Crippen molar-refractivity contribution in [2.75, 3.05) is 13.1 Å². The Balaban J connectivity index is 1.60. The molecule has 1 aromatic heterocycles. The lowest BCUT2D eigenvalue weighted by Gasteiger charge is -2.35. The van der Waals surface area contributed by atoms with E-state index in [0.29, 0.717) is 50.2 Å². The molecule has 0 N–H and O–H groups in total. The van der Waals surface area contributed by atoms with E-state index >= 15 is 0 Å². The zero-order valence-electron chi connectivity index (χ0n) is 16.0. The number of sulfonamides is 1. The van der Waals surface area contributed by atoms with E-state index in [0.717, 1.165) is 11.1 Å². The van der Waals surface area contributed by atoms with Gasteiger partial charge < -0.3 is 4.90 Å². The number of rotatable bonds is 5. The SMILES string of the molecule is CCc1ccccc1S(=O)(=O)N1CCC2(CCC(=O)N2Cc2ccncc2)C1. The number of pyridine rings is 1. The van der Waals surface area contributed by atoms with Crippen molar-refractivity contribution >= 4 is 15.9 Å². The van der Waals surface area contributed by atoms with Gasteiger partial charge in [-0.05, 0) is 48.6 Å². The first-order valence-electron chi connectivity index (χ1n) is 9.74. The third-order valence-corrected chi connectivity index (χ3v) is 7.98. The van der Waals surface area contributed by atoms with Crippen LogP contribution in [0.2, 0.25) is 0 Å². The molecule has 6 nitrogen and oxygen atoms in total. The summed E-state index contributed by atoms with van der Waals surface area (Å²) < 4.78 is 28.2. The first-order valence-corrected chi connectivity index (χ1v) is 11.2. The molecule has 0 bridgehead atoms. The van der Waals surface area contributed by atoms with E-state index in [4.69, 9.17) is 0 Å². The molecule has 2 aliphatic heterocycles. The Hall–Kier alpha value is -2.25. The van der Waals surface area contributed by atoms with E-state index in [1.807, 2.05) is 36.1 Å². The van der Waals surface area contributed by atoms with Crippen molar-refractivity contribution in [1.82, 2.24) is 14.2 Å². The van der Waals surface area contributed by atoms with E-state index in [2.05, 4.69) is 4.98 Å². The summed E-state index contributed by atoms with van der Waals surface area (Å²) in [5, 5.41) is 0. The van der Waals surface area contributed by atoms with Crippen LogP contribution in [0.5, 0.6) is 0 Å². The molecule has 2 aliphatic rings. The van der Waals surface area contributed by atoms with Crippen LogP contribution >= 0.6 is 0 Å². The van der Waals surface area contributed by atoms with Gasteiger partial charge in [-0.1, -0.05) is 25.1 Å². The highest BCUT2D eigenvalue weighted by atomic mass is 32.2. The van der Waals surface area contributed by atoms with E-state index in [1.54, 1.807) is 28.8 Å². The summed E-state index contributed by atoms with van der Waals surface area (Å²) in [4.78, 5) is 18.9. The van der Waals surface area contributed by atoms with Crippen LogP contribution in [-0.4, -0.2) is 47.1 Å². The Bertz CT molecular complexity index is 977. The molecule has 2 fully saturated rings. The lowest BCUT2D eigenvalue weighted by atomic mass is 9.95. The van der Waals surface area contributed by atoms with Gasteiger partial charge in [0.2, 0.25) is 15.9 Å². The number of amides is 1. The summed E-state index contributed by atoms with van der Waals surface area (Å²) in [6.07, 6.45) is 5.96. The van der Waals surface area contributed by atoms with Gasteiger partial charge in [-0.25, -0.2) is 8.42 Å². The van der Waals surface area contributed by atoms with E-state index in [9.17, 15) is 13.2 Å². The number of aromatic nitrogens is 1. The molecular weight excluding hydrogens is 374 g/mol. The average molecular weight is 400 g/mol. The second kappa shape index (κ2) is 7.29. The summed E-state index contributed by atoms with van der Waals surface area (Å²) in [7, 11) is -3.57. The van der Waals surface area contributed by atoms with Crippen molar-refractivity contribution < 1.29 is 13.2 Å². The van der Waals surface area contributed by atoms with Crippen LogP contribution in [0.4, 0.5) is 0 Å². The molecule has 1 atom stereocenters. The Morgan fingerprint density at radius 2 is 1.86 bits per heavy atom. The molecule has 148 valence electrons. The summed E-state index contributed by atoms with van der Waals surface area (Å²) in [5.74, 6) is 0.102. The molecule has 0 radical (unpaired) electrons. The fourth-order valence-corrected chi connectivity index (χ4v) is 6.25. The molecule has 4 rings (SSSR count). The standard InChI is InChI=1S/C21H25N3O3S/c1-2-18-5-3-4-6-19(18)28(26,27)23-14-11-21(16-23)10-7-20(25)24(21)15-17-8-12-22-13-9-17/h3-6,8-9,12-13H,2,7,10-11,14-16H2,1H3. The van der Waals surface area contributed by atoms with Crippen molar-refractivity contribution in [3.8, 4) is 0 Å². The smallest absolute Gasteiger partial charge is 0.243 e. The monoisotopic (exact) mass is 399 g/mol. The first kappa shape index (κ1) is 19.1. The maximum absolute atomic E-state index is 13.3. The summed E-state index contributed by atoms with van der Waals surface area (Å²) in [6.45, 7) is 3.28. The van der Waals surface area contributed by atoms with Crippen LogP contribution in [-0.2, 0) is 27.8 Å². The average Bonchev–Trinajstić information content (AvgIpc) is 3.29. The second-order valence-electron chi connectivity index (χ2n) is 7.61. The predicted octanol–water partition coefficient (Wildman–Crippen LogP) is 2.60. The molecule has 2 saturated heterocycles. The minimum atomic E-state index is -3.57. The van der Waals surface area contributed by atoms with Gasteiger partial charge in [0.15, 0.2) is 0 Å². The maximum Gasteiger partial charge on any atom is 0.243 e. The molecule has 3 heterocycles. The van der Waals surface area contributed by atoms with Gasteiger partial charge >= 0.3 is 0 Å². The van der Waals surface area contributed by atoms with Gasteiger partial charge in [0.05, 0.1) is 10.4 Å². The highest BCUT2D eigenvalue weighted by Gasteiger charge is 2.51. The van der Waals surface area contributed by atoms with Crippen LogP contribution in [0, 0.1) is 0 Å². The van der Waals surface area contributed by atoms with Crippen LogP contribution in [0.15, 0.2) is 53.7 Å². The number of carbonyl (C=O) groups excluding carboxylic acids is 1. The first-order chi connectivity index (χ1) is 13.5. The molecule has 7 heteroatoms. The predicted molar refractivity (Wildman–Crippen MR) is 106 cm³/mol. The third-order valence-electron chi connectivity index (χ3n) is 6.04. The number of nitrogens with zero attached hydrogens (tertiary/aromatic N) is 3. The van der Waals surface area contributed by atoms with Gasteiger partial charge in [0.1, 0.15) is 0 Å². The van der Waals surface area contributed by atoms with E-state index in [-0.39, 0.29) is 5.91 Å². The largest absolute Gasteiger partial charge is 0.331 e. The van der Waals surface area contributed by atoms with Gasteiger partial charge in [0, 0.05) is 38.4 Å². The Morgan fingerprint density at radius 3 is 2.61 bits per heavy atom. The number of benzene rings is 1. The van der Waals surface area contributed by atoms with E-state index < -0.39 is 15.6 Å². The molecule has 0 aliphatic carbocycles. The third kappa shape index (κ3) is 3.22. The molecule has 1 spiro atoms. The van der Waals surface area contributed by atoms with Crippen LogP contribution < -0.4 is 0 Å². The summed E-state index contributed by atoms with van der Waals surface area (Å²) >= 11 is 0. The highest BCUT2D eigenvalue weighted by molar-refractivity contribution is 7.89. The normalized spacial score (nSPS) is 23.0. The summed E-state index contributed by atoms with van der Waals surface area (Å²) in [6, 6.07) is 11.0. The molecule has 1 aromatic carbocycles.